The van der Waals surface area contributed by atoms with E-state index in [9.17, 15) is 31.1 Å². The zero-order valence-electron chi connectivity index (χ0n) is 12.7. The van der Waals surface area contributed by atoms with E-state index in [0.29, 0.717) is 13.1 Å². The first kappa shape index (κ1) is 19.1. The molecular weight excluding hydrogens is 352 g/mol. The summed E-state index contributed by atoms with van der Waals surface area (Å²) < 4.78 is 79.4. The molecule has 0 spiro atoms. The normalized spacial score (nSPS) is 17.4. The molecule has 2 rings (SSSR count). The highest BCUT2D eigenvalue weighted by Gasteiger charge is 2.46. The van der Waals surface area contributed by atoms with Gasteiger partial charge in [-0.25, -0.2) is 4.79 Å². The molecule has 3 nitrogen and oxygen atoms in total. The first-order valence-electron chi connectivity index (χ1n) is 7.23. The number of halogens is 6. The highest BCUT2D eigenvalue weighted by atomic mass is 19.4. The standard InChI is InChI=1S/C16H13F6NO2/c17-15(18,19)12-3-1-11(2-4-12)5-6-14(7-9-23-10-8-14)25-13(24)16(20,21)22/h1-4,23H,7-10H2. The summed E-state index contributed by atoms with van der Waals surface area (Å²) >= 11 is 0. The molecule has 1 aliphatic rings. The van der Waals surface area contributed by atoms with Gasteiger partial charge in [-0.1, -0.05) is 5.92 Å². The maximum atomic E-state index is 12.5. The molecular formula is C16H13F6NO2. The van der Waals surface area contributed by atoms with Crippen molar-refractivity contribution in [2.45, 2.75) is 30.8 Å². The van der Waals surface area contributed by atoms with Crippen LogP contribution in [-0.2, 0) is 15.7 Å². The zero-order chi connectivity index (χ0) is 18.7. The number of hydrogen-bond donors (Lipinski definition) is 1. The molecule has 25 heavy (non-hydrogen) atoms. The summed E-state index contributed by atoms with van der Waals surface area (Å²) in [4.78, 5) is 11.1. The lowest BCUT2D eigenvalue weighted by molar-refractivity contribution is -0.211. The third-order valence-corrected chi connectivity index (χ3v) is 3.58. The molecule has 0 bridgehead atoms. The van der Waals surface area contributed by atoms with Gasteiger partial charge in [0, 0.05) is 18.4 Å². The second kappa shape index (κ2) is 6.96. The number of piperidine rings is 1. The van der Waals surface area contributed by atoms with E-state index in [4.69, 9.17) is 0 Å². The van der Waals surface area contributed by atoms with Gasteiger partial charge in [0.15, 0.2) is 5.60 Å². The quantitative estimate of drug-likeness (QED) is 0.472. The fourth-order valence-electron chi connectivity index (χ4n) is 2.25. The Morgan fingerprint density at radius 1 is 1.04 bits per heavy atom. The van der Waals surface area contributed by atoms with E-state index < -0.39 is 29.5 Å². The first-order chi connectivity index (χ1) is 11.5. The van der Waals surface area contributed by atoms with Gasteiger partial charge >= 0.3 is 18.3 Å². The van der Waals surface area contributed by atoms with Gasteiger partial charge in [-0.15, -0.1) is 0 Å². The van der Waals surface area contributed by atoms with Crippen LogP contribution in [-0.4, -0.2) is 30.8 Å². The summed E-state index contributed by atoms with van der Waals surface area (Å²) in [6.45, 7) is 0.597. The van der Waals surface area contributed by atoms with Crippen LogP contribution in [0.2, 0.25) is 0 Å². The molecule has 1 fully saturated rings. The van der Waals surface area contributed by atoms with Crippen LogP contribution >= 0.6 is 0 Å². The monoisotopic (exact) mass is 365 g/mol. The summed E-state index contributed by atoms with van der Waals surface area (Å²) in [5, 5.41) is 2.91. The number of nitrogens with one attached hydrogen (secondary N) is 1. The highest BCUT2D eigenvalue weighted by Crippen LogP contribution is 2.30. The van der Waals surface area contributed by atoms with Crippen molar-refractivity contribution in [1.29, 1.82) is 0 Å². The van der Waals surface area contributed by atoms with Crippen molar-refractivity contribution in [3.05, 3.63) is 35.4 Å². The second-order valence-corrected chi connectivity index (χ2v) is 5.46. The Morgan fingerprint density at radius 3 is 2.08 bits per heavy atom. The topological polar surface area (TPSA) is 38.3 Å². The molecule has 0 unspecified atom stereocenters. The Kier molecular flexibility index (Phi) is 5.32. The van der Waals surface area contributed by atoms with Gasteiger partial charge < -0.3 is 10.1 Å². The van der Waals surface area contributed by atoms with Gasteiger partial charge in [0.05, 0.1) is 5.56 Å². The van der Waals surface area contributed by atoms with E-state index in [1.807, 2.05) is 0 Å². The maximum Gasteiger partial charge on any atom is 0.490 e. The SMILES string of the molecule is O=C(OC1(C#Cc2ccc(C(F)(F)F)cc2)CCNCC1)C(F)(F)F. The van der Waals surface area contributed by atoms with E-state index in [-0.39, 0.29) is 18.4 Å². The predicted octanol–water partition coefficient (Wildman–Crippen LogP) is 3.28. The summed E-state index contributed by atoms with van der Waals surface area (Å²) in [5.41, 5.74) is -2.31. The lowest BCUT2D eigenvalue weighted by Gasteiger charge is -2.32. The summed E-state index contributed by atoms with van der Waals surface area (Å²) in [7, 11) is 0. The number of hydrogen-bond acceptors (Lipinski definition) is 3. The van der Waals surface area contributed by atoms with Crippen molar-refractivity contribution in [1.82, 2.24) is 5.32 Å². The van der Waals surface area contributed by atoms with Crippen LogP contribution < -0.4 is 5.32 Å². The van der Waals surface area contributed by atoms with E-state index in [0.717, 1.165) is 24.3 Å². The molecule has 1 heterocycles. The second-order valence-electron chi connectivity index (χ2n) is 5.46. The van der Waals surface area contributed by atoms with Crippen LogP contribution in [0.4, 0.5) is 26.3 Å². The third kappa shape index (κ3) is 5.13. The van der Waals surface area contributed by atoms with Crippen LogP contribution in [0.15, 0.2) is 24.3 Å². The highest BCUT2D eigenvalue weighted by molar-refractivity contribution is 5.76. The smallest absolute Gasteiger partial charge is 0.439 e. The van der Waals surface area contributed by atoms with Gasteiger partial charge in [-0.3, -0.25) is 0 Å². The Hall–Kier alpha value is -2.21. The lowest BCUT2D eigenvalue weighted by Crippen LogP contribution is -2.46. The van der Waals surface area contributed by atoms with E-state index >= 15 is 0 Å². The number of ether oxygens (including phenoxy) is 1. The average Bonchev–Trinajstić information content (AvgIpc) is 2.52. The number of benzene rings is 1. The van der Waals surface area contributed by atoms with Gasteiger partial charge in [0.2, 0.25) is 0 Å². The van der Waals surface area contributed by atoms with Gasteiger partial charge in [0.25, 0.3) is 0 Å². The molecule has 1 aromatic rings. The molecule has 0 aromatic heterocycles. The van der Waals surface area contributed by atoms with Gasteiger partial charge in [-0.2, -0.15) is 26.3 Å². The number of esters is 1. The van der Waals surface area contributed by atoms with Gasteiger partial charge in [-0.05, 0) is 43.3 Å². The third-order valence-electron chi connectivity index (χ3n) is 3.58. The van der Waals surface area contributed by atoms with E-state index in [1.54, 1.807) is 0 Å². The van der Waals surface area contributed by atoms with Crippen molar-refractivity contribution in [3.8, 4) is 11.8 Å². The fourth-order valence-corrected chi connectivity index (χ4v) is 2.25. The van der Waals surface area contributed by atoms with Crippen molar-refractivity contribution < 1.29 is 35.9 Å². The van der Waals surface area contributed by atoms with Crippen LogP contribution in [0, 0.1) is 11.8 Å². The minimum absolute atomic E-state index is 0.0441. The molecule has 1 aliphatic heterocycles. The van der Waals surface area contributed by atoms with Crippen LogP contribution in [0.3, 0.4) is 0 Å². The molecule has 0 saturated carbocycles. The summed E-state index contributed by atoms with van der Waals surface area (Å²) in [6.07, 6.45) is -9.55. The number of rotatable bonds is 1. The fraction of sp³-hybridized carbons (Fsp3) is 0.438. The van der Waals surface area contributed by atoms with E-state index in [1.165, 1.54) is 0 Å². The summed E-state index contributed by atoms with van der Waals surface area (Å²) in [5.74, 6) is 2.66. The minimum Gasteiger partial charge on any atom is -0.439 e. The molecule has 0 radical (unpaired) electrons. The number of carbonyl (C=O) groups excluding carboxylic acids is 1. The molecule has 0 atom stereocenters. The largest absolute Gasteiger partial charge is 0.490 e. The molecule has 0 amide bonds. The molecule has 1 saturated heterocycles. The van der Waals surface area contributed by atoms with Crippen molar-refractivity contribution in [2.24, 2.45) is 0 Å². The molecule has 9 heteroatoms. The van der Waals surface area contributed by atoms with Crippen molar-refractivity contribution in [3.63, 3.8) is 0 Å². The Balaban J connectivity index is 2.23. The zero-order valence-corrected chi connectivity index (χ0v) is 12.7. The van der Waals surface area contributed by atoms with E-state index in [2.05, 4.69) is 21.9 Å². The Labute approximate surface area is 139 Å². The first-order valence-corrected chi connectivity index (χ1v) is 7.23. The number of alkyl halides is 6. The van der Waals surface area contributed by atoms with Crippen LogP contribution in [0.5, 0.6) is 0 Å². The van der Waals surface area contributed by atoms with Crippen LogP contribution in [0.1, 0.15) is 24.0 Å². The predicted molar refractivity (Wildman–Crippen MR) is 75.3 cm³/mol. The molecule has 1 N–H and O–H groups in total. The Bertz CT molecular complexity index is 676. The average molecular weight is 365 g/mol. The molecule has 136 valence electrons. The lowest BCUT2D eigenvalue weighted by atomic mass is 9.92. The maximum absolute atomic E-state index is 12.5. The van der Waals surface area contributed by atoms with Crippen molar-refractivity contribution >= 4 is 5.97 Å². The number of carbonyl (C=O) groups is 1. The Morgan fingerprint density at radius 2 is 1.60 bits per heavy atom. The van der Waals surface area contributed by atoms with Crippen molar-refractivity contribution in [2.75, 3.05) is 13.1 Å². The molecule has 0 aliphatic carbocycles. The van der Waals surface area contributed by atoms with Gasteiger partial charge in [0.1, 0.15) is 0 Å². The molecule has 1 aromatic carbocycles. The summed E-state index contributed by atoms with van der Waals surface area (Å²) in [6, 6.07) is 3.86. The minimum atomic E-state index is -5.14. The van der Waals surface area contributed by atoms with Crippen LogP contribution in [0.25, 0.3) is 0 Å².